The van der Waals surface area contributed by atoms with Crippen LogP contribution in [0.5, 0.6) is 0 Å². The third-order valence-electron chi connectivity index (χ3n) is 2.91. The van der Waals surface area contributed by atoms with Crippen LogP contribution in [-0.4, -0.2) is 28.0 Å². The van der Waals surface area contributed by atoms with Crippen LogP contribution in [0.15, 0.2) is 65.7 Å². The Balaban J connectivity index is 0. The van der Waals surface area contributed by atoms with Crippen LogP contribution >= 0.6 is 0 Å². The van der Waals surface area contributed by atoms with Crippen LogP contribution in [0.1, 0.15) is 2.85 Å². The van der Waals surface area contributed by atoms with E-state index >= 15 is 0 Å². The van der Waals surface area contributed by atoms with Gasteiger partial charge in [0.05, 0.1) is 16.8 Å². The average Bonchev–Trinajstić information content (AvgIpc) is 2.97. The molecule has 0 radical (unpaired) electrons. The standard InChI is InChI=1S/C14H11N3O3S.2K.2H/c18-21(19,20)13-8-4-7-12(9-13)17-15-10-14(16-17)11-5-2-1-3-6-11;;;;/h1-10H,(H,18,19,20);;;;/q;2*+1;2*-1. The van der Waals surface area contributed by atoms with E-state index < -0.39 is 10.1 Å². The Morgan fingerprint density at radius 1 is 1.00 bits per heavy atom. The fourth-order valence-electron chi connectivity index (χ4n) is 1.90. The van der Waals surface area contributed by atoms with Crippen LogP contribution < -0.4 is 103 Å². The van der Waals surface area contributed by atoms with Gasteiger partial charge in [-0.15, -0.1) is 5.10 Å². The Morgan fingerprint density at radius 2 is 1.70 bits per heavy atom. The van der Waals surface area contributed by atoms with Crippen molar-refractivity contribution in [1.82, 2.24) is 15.0 Å². The smallest absolute Gasteiger partial charge is 1.00 e. The number of hydrogen-bond acceptors (Lipinski definition) is 4. The average molecular weight is 382 g/mol. The van der Waals surface area contributed by atoms with Crippen LogP contribution in [0, 0.1) is 0 Å². The van der Waals surface area contributed by atoms with E-state index in [1.807, 2.05) is 30.3 Å². The first kappa shape index (κ1) is 21.8. The first-order valence-electron chi connectivity index (χ1n) is 6.10. The zero-order valence-electron chi connectivity index (χ0n) is 14.8. The molecule has 3 rings (SSSR count). The van der Waals surface area contributed by atoms with Crippen molar-refractivity contribution in [2.75, 3.05) is 0 Å². The van der Waals surface area contributed by atoms with Gasteiger partial charge in [-0.05, 0) is 18.2 Å². The Kier molecular flexibility index (Phi) is 8.97. The molecule has 23 heavy (non-hydrogen) atoms. The summed E-state index contributed by atoms with van der Waals surface area (Å²) in [6.45, 7) is 0. The number of rotatable bonds is 3. The molecule has 0 atom stereocenters. The molecule has 1 aromatic heterocycles. The largest absolute Gasteiger partial charge is 1.00 e. The second kappa shape index (κ2) is 9.46. The van der Waals surface area contributed by atoms with Gasteiger partial charge < -0.3 is 2.85 Å². The summed E-state index contributed by atoms with van der Waals surface area (Å²) in [7, 11) is -4.25. The molecule has 6 nitrogen and oxygen atoms in total. The van der Waals surface area contributed by atoms with E-state index in [4.69, 9.17) is 4.55 Å². The van der Waals surface area contributed by atoms with Crippen molar-refractivity contribution in [2.45, 2.75) is 4.90 Å². The van der Waals surface area contributed by atoms with Crippen LogP contribution in [0.25, 0.3) is 16.9 Å². The van der Waals surface area contributed by atoms with Crippen molar-refractivity contribution in [3.8, 4) is 16.9 Å². The minimum atomic E-state index is -4.25. The molecule has 110 valence electrons. The molecular weight excluding hydrogens is 368 g/mol. The quantitative estimate of drug-likeness (QED) is 0.375. The van der Waals surface area contributed by atoms with Gasteiger partial charge in [-0.2, -0.15) is 18.3 Å². The SMILES string of the molecule is O=S(=O)(O)c1cccc(-n2ncc(-c3ccccc3)n2)c1.[H-].[H-].[K+].[K+]. The van der Waals surface area contributed by atoms with Gasteiger partial charge in [0, 0.05) is 5.56 Å². The normalized spacial score (nSPS) is 10.5. The molecule has 0 amide bonds. The van der Waals surface area contributed by atoms with Gasteiger partial charge in [-0.25, -0.2) is 0 Å². The molecule has 0 aliphatic rings. The van der Waals surface area contributed by atoms with Crippen LogP contribution in [0.3, 0.4) is 0 Å². The molecule has 3 aromatic rings. The van der Waals surface area contributed by atoms with Gasteiger partial charge in [-0.1, -0.05) is 36.4 Å². The first-order chi connectivity index (χ1) is 10.0. The summed E-state index contributed by atoms with van der Waals surface area (Å²) in [4.78, 5) is 1.12. The predicted octanol–water partition coefficient (Wildman–Crippen LogP) is -3.59. The topological polar surface area (TPSA) is 85.1 Å². The number of hydrogen-bond donors (Lipinski definition) is 1. The minimum absolute atomic E-state index is 0. The van der Waals surface area contributed by atoms with Crippen LogP contribution in [0.4, 0.5) is 0 Å². The maximum atomic E-state index is 11.1. The van der Waals surface area contributed by atoms with Crippen molar-refractivity contribution in [3.05, 3.63) is 60.8 Å². The molecule has 0 aliphatic carbocycles. The predicted molar refractivity (Wildman–Crippen MR) is 78.8 cm³/mol. The van der Waals surface area contributed by atoms with Gasteiger partial charge in [0.2, 0.25) is 0 Å². The van der Waals surface area contributed by atoms with Gasteiger partial charge in [0.25, 0.3) is 10.1 Å². The molecule has 2 aromatic carbocycles. The van der Waals surface area contributed by atoms with E-state index in [0.29, 0.717) is 11.4 Å². The Labute approximate surface area is 222 Å². The Morgan fingerprint density at radius 3 is 2.35 bits per heavy atom. The summed E-state index contributed by atoms with van der Waals surface area (Å²) in [5.74, 6) is 0. The van der Waals surface area contributed by atoms with E-state index in [0.717, 1.165) is 5.56 Å². The van der Waals surface area contributed by atoms with Crippen molar-refractivity contribution < 1.29 is 119 Å². The molecule has 1 heterocycles. The molecule has 0 saturated heterocycles. The number of nitrogens with zero attached hydrogens (tertiary/aromatic N) is 3. The van der Waals surface area contributed by atoms with Gasteiger partial charge in [0.15, 0.2) is 0 Å². The summed E-state index contributed by atoms with van der Waals surface area (Å²) >= 11 is 0. The molecule has 0 fully saturated rings. The fraction of sp³-hybridized carbons (Fsp3) is 0. The summed E-state index contributed by atoms with van der Waals surface area (Å²) < 4.78 is 31.4. The molecular formula is C14H13K2N3O3S. The third kappa shape index (κ3) is 5.63. The van der Waals surface area contributed by atoms with E-state index in [1.54, 1.807) is 12.3 Å². The molecule has 0 bridgehead atoms. The maximum Gasteiger partial charge on any atom is 1.00 e. The van der Waals surface area contributed by atoms with Crippen LogP contribution in [-0.2, 0) is 10.1 Å². The van der Waals surface area contributed by atoms with Crippen molar-refractivity contribution in [2.24, 2.45) is 0 Å². The zero-order chi connectivity index (χ0) is 14.9. The van der Waals surface area contributed by atoms with Crippen molar-refractivity contribution >= 4 is 10.1 Å². The maximum absolute atomic E-state index is 11.1. The Bertz CT molecular complexity index is 893. The second-order valence-electron chi connectivity index (χ2n) is 4.36. The monoisotopic (exact) mass is 381 g/mol. The van der Waals surface area contributed by atoms with E-state index in [-0.39, 0.29) is 111 Å². The van der Waals surface area contributed by atoms with Crippen molar-refractivity contribution in [1.29, 1.82) is 0 Å². The van der Waals surface area contributed by atoms with E-state index in [1.165, 1.54) is 23.0 Å². The fourth-order valence-corrected chi connectivity index (χ4v) is 2.42. The van der Waals surface area contributed by atoms with Crippen molar-refractivity contribution in [3.63, 3.8) is 0 Å². The summed E-state index contributed by atoms with van der Waals surface area (Å²) in [5.41, 5.74) is 2.04. The van der Waals surface area contributed by atoms with Gasteiger partial charge in [0.1, 0.15) is 5.69 Å². The Hall–Kier alpha value is 0.763. The van der Waals surface area contributed by atoms with Gasteiger partial charge >= 0.3 is 103 Å². The first-order valence-corrected chi connectivity index (χ1v) is 7.54. The number of aromatic nitrogens is 3. The molecule has 0 spiro atoms. The molecule has 1 N–H and O–H groups in total. The molecule has 0 aliphatic heterocycles. The van der Waals surface area contributed by atoms with E-state index in [2.05, 4.69) is 10.2 Å². The molecule has 0 unspecified atom stereocenters. The summed E-state index contributed by atoms with van der Waals surface area (Å²) in [6, 6.07) is 15.3. The summed E-state index contributed by atoms with van der Waals surface area (Å²) in [6.07, 6.45) is 1.59. The number of benzene rings is 2. The molecule has 0 saturated carbocycles. The second-order valence-corrected chi connectivity index (χ2v) is 5.78. The van der Waals surface area contributed by atoms with Crippen LogP contribution in [0.2, 0.25) is 0 Å². The minimum Gasteiger partial charge on any atom is -1.00 e. The summed E-state index contributed by atoms with van der Waals surface area (Å²) in [5, 5.41) is 8.42. The van der Waals surface area contributed by atoms with E-state index in [9.17, 15) is 8.42 Å². The van der Waals surface area contributed by atoms with Gasteiger partial charge in [-0.3, -0.25) is 4.55 Å². The molecule has 9 heteroatoms. The third-order valence-corrected chi connectivity index (χ3v) is 3.76. The zero-order valence-corrected chi connectivity index (χ0v) is 19.8.